The molecule has 0 amide bonds. The van der Waals surface area contributed by atoms with Crippen LogP contribution in [0.3, 0.4) is 0 Å². The molecule has 22 heavy (non-hydrogen) atoms. The monoisotopic (exact) mass is 332 g/mol. The molecule has 0 spiro atoms. The van der Waals surface area contributed by atoms with Crippen molar-refractivity contribution in [2.75, 3.05) is 6.54 Å². The van der Waals surface area contributed by atoms with E-state index in [4.69, 9.17) is 16.0 Å². The van der Waals surface area contributed by atoms with Crippen LogP contribution < -0.4 is 5.32 Å². The minimum absolute atomic E-state index is 0.759. The van der Waals surface area contributed by atoms with Gasteiger partial charge in [-0.15, -0.1) is 11.3 Å². The Bertz CT molecular complexity index is 750. The van der Waals surface area contributed by atoms with Gasteiger partial charge in [0.1, 0.15) is 16.5 Å². The smallest absolute Gasteiger partial charge is 0.145 e. The third kappa shape index (κ3) is 3.77. The molecule has 3 rings (SSSR count). The van der Waals surface area contributed by atoms with E-state index in [0.717, 1.165) is 45.9 Å². The van der Waals surface area contributed by atoms with Crippen LogP contribution in [0.25, 0.3) is 10.6 Å². The van der Waals surface area contributed by atoms with Crippen molar-refractivity contribution >= 4 is 22.9 Å². The lowest BCUT2D eigenvalue weighted by Gasteiger charge is -2.04. The Morgan fingerprint density at radius 3 is 2.86 bits per heavy atom. The van der Waals surface area contributed by atoms with Crippen molar-refractivity contribution < 1.29 is 4.42 Å². The third-order valence-corrected chi connectivity index (χ3v) is 4.72. The molecule has 0 radical (unpaired) electrons. The Morgan fingerprint density at radius 2 is 2.09 bits per heavy atom. The van der Waals surface area contributed by atoms with Crippen molar-refractivity contribution in [3.8, 4) is 10.6 Å². The summed E-state index contributed by atoms with van der Waals surface area (Å²) in [7, 11) is 0. The minimum Gasteiger partial charge on any atom is -0.460 e. The number of furan rings is 1. The molecule has 0 saturated heterocycles. The topological polar surface area (TPSA) is 38.1 Å². The zero-order chi connectivity index (χ0) is 15.4. The zero-order valence-corrected chi connectivity index (χ0v) is 13.9. The first kappa shape index (κ1) is 15.3. The molecule has 3 nitrogen and oxygen atoms in total. The van der Waals surface area contributed by atoms with Gasteiger partial charge in [0, 0.05) is 17.8 Å². The largest absolute Gasteiger partial charge is 0.460 e. The van der Waals surface area contributed by atoms with Crippen molar-refractivity contribution in [3.05, 3.63) is 63.9 Å². The highest BCUT2D eigenvalue weighted by Gasteiger charge is 2.07. The predicted molar refractivity (Wildman–Crippen MR) is 91.4 cm³/mol. The lowest BCUT2D eigenvalue weighted by atomic mass is 10.1. The standard InChI is InChI=1S/C17H17ClN2OS/c1-12-6-7-15(21-12)16-10-20-17(22-16)11-19-9-8-13-4-2-3-5-14(13)18/h2-7,10,19H,8-9,11H2,1H3. The van der Waals surface area contributed by atoms with Gasteiger partial charge < -0.3 is 9.73 Å². The minimum atomic E-state index is 0.759. The normalized spacial score (nSPS) is 11.0. The third-order valence-electron chi connectivity index (χ3n) is 3.34. The van der Waals surface area contributed by atoms with Gasteiger partial charge in [-0.1, -0.05) is 29.8 Å². The first-order valence-corrected chi connectivity index (χ1v) is 8.37. The SMILES string of the molecule is Cc1ccc(-c2cnc(CNCCc3ccccc3Cl)s2)o1. The van der Waals surface area contributed by atoms with Crippen LogP contribution >= 0.6 is 22.9 Å². The van der Waals surface area contributed by atoms with Gasteiger partial charge in [-0.25, -0.2) is 4.98 Å². The van der Waals surface area contributed by atoms with Crippen molar-refractivity contribution in [2.45, 2.75) is 19.9 Å². The van der Waals surface area contributed by atoms with Gasteiger partial charge in [0.15, 0.2) is 0 Å². The first-order chi connectivity index (χ1) is 10.7. The summed E-state index contributed by atoms with van der Waals surface area (Å²) < 4.78 is 5.61. The lowest BCUT2D eigenvalue weighted by molar-refractivity contribution is 0.549. The molecule has 0 aliphatic heterocycles. The van der Waals surface area contributed by atoms with Crippen LogP contribution in [-0.4, -0.2) is 11.5 Å². The van der Waals surface area contributed by atoms with Gasteiger partial charge in [0.05, 0.1) is 4.88 Å². The van der Waals surface area contributed by atoms with Crippen molar-refractivity contribution in [3.63, 3.8) is 0 Å². The van der Waals surface area contributed by atoms with E-state index in [9.17, 15) is 0 Å². The first-order valence-electron chi connectivity index (χ1n) is 7.18. The van der Waals surface area contributed by atoms with Crippen LogP contribution in [0.4, 0.5) is 0 Å². The van der Waals surface area contributed by atoms with E-state index >= 15 is 0 Å². The Morgan fingerprint density at radius 1 is 1.23 bits per heavy atom. The molecule has 5 heteroatoms. The van der Waals surface area contributed by atoms with Gasteiger partial charge >= 0.3 is 0 Å². The number of nitrogens with one attached hydrogen (secondary N) is 1. The summed E-state index contributed by atoms with van der Waals surface area (Å²) in [6.45, 7) is 3.58. The van der Waals surface area contributed by atoms with E-state index < -0.39 is 0 Å². The Hall–Kier alpha value is -1.62. The maximum Gasteiger partial charge on any atom is 0.145 e. The maximum absolute atomic E-state index is 6.14. The molecule has 1 aromatic carbocycles. The molecule has 3 aromatic rings. The van der Waals surface area contributed by atoms with Gasteiger partial charge in [-0.05, 0) is 43.7 Å². The van der Waals surface area contributed by atoms with Crippen LogP contribution in [0.1, 0.15) is 16.3 Å². The average Bonchev–Trinajstić information content (AvgIpc) is 3.14. The summed E-state index contributed by atoms with van der Waals surface area (Å²) >= 11 is 7.80. The fraction of sp³-hybridized carbons (Fsp3) is 0.235. The zero-order valence-electron chi connectivity index (χ0n) is 12.3. The van der Waals surface area contributed by atoms with E-state index in [0.29, 0.717) is 0 Å². The Labute approximate surface area is 139 Å². The van der Waals surface area contributed by atoms with E-state index in [-0.39, 0.29) is 0 Å². The molecule has 0 atom stereocenters. The molecule has 0 bridgehead atoms. The number of nitrogens with zero attached hydrogens (tertiary/aromatic N) is 1. The number of aromatic nitrogens is 1. The highest BCUT2D eigenvalue weighted by atomic mass is 35.5. The van der Waals surface area contributed by atoms with E-state index in [1.807, 2.05) is 43.5 Å². The fourth-order valence-corrected chi connectivity index (χ4v) is 3.27. The van der Waals surface area contributed by atoms with Crippen LogP contribution in [0.2, 0.25) is 5.02 Å². The molecule has 0 aliphatic carbocycles. The second-order valence-electron chi connectivity index (χ2n) is 5.05. The number of aryl methyl sites for hydroxylation is 1. The second-order valence-corrected chi connectivity index (χ2v) is 6.57. The van der Waals surface area contributed by atoms with E-state index in [1.54, 1.807) is 11.3 Å². The second kappa shape index (κ2) is 7.09. The number of thiazole rings is 1. The van der Waals surface area contributed by atoms with Crippen LogP contribution in [0, 0.1) is 6.92 Å². The van der Waals surface area contributed by atoms with Gasteiger partial charge in [-0.3, -0.25) is 0 Å². The highest BCUT2D eigenvalue weighted by Crippen LogP contribution is 2.27. The quantitative estimate of drug-likeness (QED) is 0.665. The van der Waals surface area contributed by atoms with Crippen LogP contribution in [0.15, 0.2) is 47.0 Å². The molecule has 114 valence electrons. The van der Waals surface area contributed by atoms with Gasteiger partial charge in [-0.2, -0.15) is 0 Å². The molecule has 0 saturated carbocycles. The number of hydrogen-bond acceptors (Lipinski definition) is 4. The predicted octanol–water partition coefficient (Wildman–Crippen LogP) is 4.70. The highest BCUT2D eigenvalue weighted by molar-refractivity contribution is 7.15. The maximum atomic E-state index is 6.14. The number of rotatable bonds is 6. The Balaban J connectivity index is 1.50. The summed E-state index contributed by atoms with van der Waals surface area (Å²) in [6.07, 6.45) is 2.78. The fourth-order valence-electron chi connectivity index (χ4n) is 2.19. The van der Waals surface area contributed by atoms with Crippen molar-refractivity contribution in [1.29, 1.82) is 0 Å². The van der Waals surface area contributed by atoms with Gasteiger partial charge in [0.2, 0.25) is 0 Å². The van der Waals surface area contributed by atoms with Gasteiger partial charge in [0.25, 0.3) is 0 Å². The van der Waals surface area contributed by atoms with E-state index in [2.05, 4.69) is 16.4 Å². The number of halogens is 1. The number of hydrogen-bond donors (Lipinski definition) is 1. The Kier molecular flexibility index (Phi) is 4.93. The van der Waals surface area contributed by atoms with Crippen molar-refractivity contribution in [1.82, 2.24) is 10.3 Å². The average molecular weight is 333 g/mol. The molecule has 0 unspecified atom stereocenters. The van der Waals surface area contributed by atoms with Crippen molar-refractivity contribution in [2.24, 2.45) is 0 Å². The molecule has 2 aromatic heterocycles. The summed E-state index contributed by atoms with van der Waals surface area (Å²) in [6, 6.07) is 11.9. The van der Waals surface area contributed by atoms with Crippen LogP contribution in [-0.2, 0) is 13.0 Å². The summed E-state index contributed by atoms with van der Waals surface area (Å²) in [5.74, 6) is 1.81. The molecule has 2 heterocycles. The summed E-state index contributed by atoms with van der Waals surface area (Å²) in [5.41, 5.74) is 1.17. The lowest BCUT2D eigenvalue weighted by Crippen LogP contribution is -2.16. The van der Waals surface area contributed by atoms with E-state index in [1.165, 1.54) is 5.56 Å². The molecule has 0 fully saturated rings. The molecular weight excluding hydrogens is 316 g/mol. The molecule has 0 aliphatic rings. The molecular formula is C17H17ClN2OS. The van der Waals surface area contributed by atoms with Crippen LogP contribution in [0.5, 0.6) is 0 Å². The summed E-state index contributed by atoms with van der Waals surface area (Å²) in [4.78, 5) is 5.50. The molecule has 1 N–H and O–H groups in total. The summed E-state index contributed by atoms with van der Waals surface area (Å²) in [5, 5.41) is 5.29. The number of benzene rings is 1.